The van der Waals surface area contributed by atoms with Gasteiger partial charge in [0.05, 0.1) is 4.92 Å². The molecule has 1 aromatic rings. The molecule has 1 aliphatic rings. The van der Waals surface area contributed by atoms with Crippen molar-refractivity contribution in [3.8, 4) is 0 Å². The van der Waals surface area contributed by atoms with E-state index in [-0.39, 0.29) is 10.6 Å². The Balaban J connectivity index is 2.22. The fraction of sp³-hybridized carbons (Fsp3) is 0.800. The summed E-state index contributed by atoms with van der Waals surface area (Å²) in [5.74, 6) is 0.667. The maximum absolute atomic E-state index is 11.4. The molecule has 1 aliphatic carbocycles. The molecule has 1 saturated carbocycles. The largest absolute Gasteiger partial charge is 0.313 e. The summed E-state index contributed by atoms with van der Waals surface area (Å²) in [4.78, 5) is 11.2. The van der Waals surface area contributed by atoms with Gasteiger partial charge in [-0.2, -0.15) is 5.10 Å². The van der Waals surface area contributed by atoms with Gasteiger partial charge in [0.1, 0.15) is 11.4 Å². The molecular weight excluding hydrogens is 268 g/mol. The second-order valence-electron chi connectivity index (χ2n) is 5.97. The molecule has 118 valence electrons. The first kappa shape index (κ1) is 15.9. The van der Waals surface area contributed by atoms with Gasteiger partial charge in [0.25, 0.3) is 0 Å². The predicted octanol–water partition coefficient (Wildman–Crippen LogP) is 2.60. The SMILES string of the molecule is CCCNC(Cc1c([N+](=O)[O-])c(CCC)nn1C)C1CC1. The summed E-state index contributed by atoms with van der Waals surface area (Å²) in [5, 5.41) is 19.4. The van der Waals surface area contributed by atoms with Crippen LogP contribution in [0.4, 0.5) is 5.69 Å². The van der Waals surface area contributed by atoms with Gasteiger partial charge in [0, 0.05) is 19.5 Å². The first-order valence-corrected chi connectivity index (χ1v) is 8.00. The quantitative estimate of drug-likeness (QED) is 0.561. The molecule has 0 bridgehead atoms. The minimum Gasteiger partial charge on any atom is -0.313 e. The number of rotatable bonds is 9. The average Bonchev–Trinajstić information content (AvgIpc) is 3.21. The minimum absolute atomic E-state index is 0.239. The van der Waals surface area contributed by atoms with Crippen LogP contribution in [0.15, 0.2) is 0 Å². The molecular formula is C15H26N4O2. The normalized spacial score (nSPS) is 16.1. The predicted molar refractivity (Wildman–Crippen MR) is 82.4 cm³/mol. The molecule has 1 fully saturated rings. The fourth-order valence-electron chi connectivity index (χ4n) is 2.90. The van der Waals surface area contributed by atoms with E-state index in [1.165, 1.54) is 12.8 Å². The molecule has 0 amide bonds. The van der Waals surface area contributed by atoms with Crippen molar-refractivity contribution in [1.29, 1.82) is 0 Å². The summed E-state index contributed by atoms with van der Waals surface area (Å²) in [7, 11) is 1.82. The van der Waals surface area contributed by atoms with Crippen LogP contribution in [-0.4, -0.2) is 27.3 Å². The van der Waals surface area contributed by atoms with E-state index in [1.807, 2.05) is 14.0 Å². The third-order valence-electron chi connectivity index (χ3n) is 4.14. The van der Waals surface area contributed by atoms with E-state index in [0.29, 0.717) is 30.5 Å². The van der Waals surface area contributed by atoms with E-state index in [2.05, 4.69) is 17.3 Å². The fourth-order valence-corrected chi connectivity index (χ4v) is 2.90. The molecule has 6 nitrogen and oxygen atoms in total. The molecule has 1 heterocycles. The monoisotopic (exact) mass is 294 g/mol. The Labute approximate surface area is 126 Å². The zero-order chi connectivity index (χ0) is 15.4. The lowest BCUT2D eigenvalue weighted by atomic mass is 10.0. The standard InChI is InChI=1S/C15H26N4O2/c1-4-6-12-15(19(20)21)14(18(3)17-12)10-13(11-7-8-11)16-9-5-2/h11,13,16H,4-10H2,1-3H3. The van der Waals surface area contributed by atoms with E-state index >= 15 is 0 Å². The number of aryl methyl sites for hydroxylation is 2. The number of nitrogens with zero attached hydrogens (tertiary/aromatic N) is 3. The van der Waals surface area contributed by atoms with Gasteiger partial charge in [-0.15, -0.1) is 0 Å². The summed E-state index contributed by atoms with van der Waals surface area (Å²) in [6, 6.07) is 0.341. The Kier molecular flexibility index (Phi) is 5.33. The van der Waals surface area contributed by atoms with E-state index in [9.17, 15) is 10.1 Å². The van der Waals surface area contributed by atoms with E-state index < -0.39 is 0 Å². The van der Waals surface area contributed by atoms with Crippen LogP contribution in [0.25, 0.3) is 0 Å². The Morgan fingerprint density at radius 3 is 2.67 bits per heavy atom. The molecule has 6 heteroatoms. The van der Waals surface area contributed by atoms with Gasteiger partial charge >= 0.3 is 5.69 Å². The second kappa shape index (κ2) is 7.02. The third kappa shape index (κ3) is 3.81. The van der Waals surface area contributed by atoms with Gasteiger partial charge in [-0.25, -0.2) is 0 Å². The highest BCUT2D eigenvalue weighted by Crippen LogP contribution is 2.36. The van der Waals surface area contributed by atoms with Crippen molar-refractivity contribution in [2.45, 2.75) is 58.4 Å². The van der Waals surface area contributed by atoms with Gasteiger partial charge in [-0.3, -0.25) is 14.8 Å². The Morgan fingerprint density at radius 1 is 1.43 bits per heavy atom. The van der Waals surface area contributed by atoms with Crippen molar-refractivity contribution in [3.63, 3.8) is 0 Å². The van der Waals surface area contributed by atoms with Crippen molar-refractivity contribution < 1.29 is 4.92 Å². The topological polar surface area (TPSA) is 73.0 Å². The highest BCUT2D eigenvalue weighted by molar-refractivity contribution is 5.42. The molecule has 1 N–H and O–H groups in total. The second-order valence-corrected chi connectivity index (χ2v) is 5.97. The van der Waals surface area contributed by atoms with Crippen LogP contribution < -0.4 is 5.32 Å². The number of nitro groups is 1. The van der Waals surface area contributed by atoms with Crippen molar-refractivity contribution >= 4 is 5.69 Å². The minimum atomic E-state index is -0.253. The van der Waals surface area contributed by atoms with Crippen LogP contribution in [0.5, 0.6) is 0 Å². The maximum Gasteiger partial charge on any atom is 0.313 e. The van der Waals surface area contributed by atoms with E-state index in [4.69, 9.17) is 0 Å². The number of nitrogens with one attached hydrogen (secondary N) is 1. The van der Waals surface area contributed by atoms with Gasteiger partial charge in [0.15, 0.2) is 0 Å². The molecule has 1 unspecified atom stereocenters. The zero-order valence-electron chi connectivity index (χ0n) is 13.3. The molecule has 2 rings (SSSR count). The molecule has 0 radical (unpaired) electrons. The molecule has 0 aliphatic heterocycles. The van der Waals surface area contributed by atoms with Crippen LogP contribution in [-0.2, 0) is 19.9 Å². The zero-order valence-corrected chi connectivity index (χ0v) is 13.3. The Morgan fingerprint density at radius 2 is 2.14 bits per heavy atom. The summed E-state index contributed by atoms with van der Waals surface area (Å²) < 4.78 is 1.71. The van der Waals surface area contributed by atoms with Crippen molar-refractivity contribution in [3.05, 3.63) is 21.5 Å². The van der Waals surface area contributed by atoms with Crippen LogP contribution in [0, 0.1) is 16.0 Å². The Hall–Kier alpha value is -1.43. The molecule has 1 aromatic heterocycles. The molecule has 0 aromatic carbocycles. The number of aromatic nitrogens is 2. The molecule has 1 atom stereocenters. The van der Waals surface area contributed by atoms with Gasteiger partial charge < -0.3 is 5.32 Å². The lowest BCUT2D eigenvalue weighted by molar-refractivity contribution is -0.386. The van der Waals surface area contributed by atoms with Crippen LogP contribution >= 0.6 is 0 Å². The first-order valence-electron chi connectivity index (χ1n) is 8.00. The molecule has 0 spiro atoms. The Bertz CT molecular complexity index is 494. The summed E-state index contributed by atoms with van der Waals surface area (Å²) in [6.07, 6.45) is 5.79. The number of hydrogen-bond acceptors (Lipinski definition) is 4. The highest BCUT2D eigenvalue weighted by atomic mass is 16.6. The summed E-state index contributed by atoms with van der Waals surface area (Å²) in [5.41, 5.74) is 1.64. The summed E-state index contributed by atoms with van der Waals surface area (Å²) >= 11 is 0. The van der Waals surface area contributed by atoms with Gasteiger partial charge in [-0.05, 0) is 38.1 Å². The molecule has 21 heavy (non-hydrogen) atoms. The third-order valence-corrected chi connectivity index (χ3v) is 4.14. The number of hydrogen-bond donors (Lipinski definition) is 1. The summed E-state index contributed by atoms with van der Waals surface area (Å²) in [6.45, 7) is 5.13. The van der Waals surface area contributed by atoms with Gasteiger partial charge in [0.2, 0.25) is 0 Å². The highest BCUT2D eigenvalue weighted by Gasteiger charge is 2.34. The van der Waals surface area contributed by atoms with Crippen molar-refractivity contribution in [2.75, 3.05) is 6.54 Å². The average molecular weight is 294 g/mol. The van der Waals surface area contributed by atoms with Crippen LogP contribution in [0.1, 0.15) is 50.9 Å². The van der Waals surface area contributed by atoms with Crippen molar-refractivity contribution in [2.24, 2.45) is 13.0 Å². The van der Waals surface area contributed by atoms with Crippen molar-refractivity contribution in [1.82, 2.24) is 15.1 Å². The molecule has 0 saturated heterocycles. The van der Waals surface area contributed by atoms with E-state index in [1.54, 1.807) is 4.68 Å². The maximum atomic E-state index is 11.4. The van der Waals surface area contributed by atoms with Crippen LogP contribution in [0.3, 0.4) is 0 Å². The lowest BCUT2D eigenvalue weighted by Crippen LogP contribution is -2.34. The first-order chi connectivity index (χ1) is 10.1. The van der Waals surface area contributed by atoms with Gasteiger partial charge in [-0.1, -0.05) is 20.3 Å². The van der Waals surface area contributed by atoms with E-state index in [0.717, 1.165) is 25.1 Å². The smallest absolute Gasteiger partial charge is 0.313 e. The van der Waals surface area contributed by atoms with Crippen LogP contribution in [0.2, 0.25) is 0 Å². The lowest BCUT2D eigenvalue weighted by Gasteiger charge is -2.17.